The maximum atomic E-state index is 12.9. The third kappa shape index (κ3) is 3.30. The van der Waals surface area contributed by atoms with Gasteiger partial charge in [-0.2, -0.15) is 0 Å². The van der Waals surface area contributed by atoms with Crippen LogP contribution in [0.3, 0.4) is 0 Å². The molecule has 2 aromatic heterocycles. The molecule has 0 saturated heterocycles. The van der Waals surface area contributed by atoms with Crippen LogP contribution in [0.2, 0.25) is 0 Å². The van der Waals surface area contributed by atoms with E-state index in [0.717, 1.165) is 26.4 Å². The molecule has 29 heavy (non-hydrogen) atoms. The highest BCUT2D eigenvalue weighted by Crippen LogP contribution is 2.39. The van der Waals surface area contributed by atoms with Gasteiger partial charge in [-0.05, 0) is 36.4 Å². The van der Waals surface area contributed by atoms with Gasteiger partial charge >= 0.3 is 0 Å². The van der Waals surface area contributed by atoms with E-state index in [1.807, 2.05) is 30.3 Å². The van der Waals surface area contributed by atoms with Gasteiger partial charge in [-0.3, -0.25) is 9.78 Å². The van der Waals surface area contributed by atoms with Crippen molar-refractivity contribution in [1.82, 2.24) is 14.9 Å². The van der Waals surface area contributed by atoms with Crippen molar-refractivity contribution in [1.29, 1.82) is 0 Å². The summed E-state index contributed by atoms with van der Waals surface area (Å²) in [5, 5.41) is 11.4. The Labute approximate surface area is 171 Å². The van der Waals surface area contributed by atoms with Crippen LogP contribution in [0.5, 0.6) is 11.5 Å². The molecule has 0 bridgehead atoms. The molecule has 4 aromatic rings. The number of fused-ring (bicyclic) bond motifs is 2. The largest absolute Gasteiger partial charge is 0.504 e. The third-order valence-corrected chi connectivity index (χ3v) is 5.91. The molecule has 7 heteroatoms. The molecular formula is C22H17N3O3S. The normalized spacial score (nSPS) is 13.6. The first kappa shape index (κ1) is 17.6. The molecule has 5 rings (SSSR count). The topological polar surface area (TPSA) is 75.6 Å². The number of aromatic nitrogens is 2. The smallest absolute Gasteiger partial charge is 0.272 e. The number of phenolic OH excluding ortho intramolecular Hbond substituents is 1. The summed E-state index contributed by atoms with van der Waals surface area (Å²) >= 11 is 1.57. The van der Waals surface area contributed by atoms with Crippen LogP contribution >= 0.6 is 11.3 Å². The predicted molar refractivity (Wildman–Crippen MR) is 111 cm³/mol. The SMILES string of the molecule is O=C(c1ccccn1)N1CCOc2c(O)cc(-c3nc4ccccc4s3)cc2C1. The van der Waals surface area contributed by atoms with Crippen LogP contribution in [0.1, 0.15) is 16.1 Å². The number of carbonyl (C=O) groups excluding carboxylic acids is 1. The van der Waals surface area contributed by atoms with Crippen molar-refractivity contribution in [3.63, 3.8) is 0 Å². The molecular weight excluding hydrogens is 386 g/mol. The summed E-state index contributed by atoms with van der Waals surface area (Å²) in [5.41, 5.74) is 2.87. The van der Waals surface area contributed by atoms with Gasteiger partial charge in [-0.15, -0.1) is 11.3 Å². The van der Waals surface area contributed by atoms with Crippen LogP contribution in [-0.2, 0) is 6.54 Å². The average Bonchev–Trinajstić information content (AvgIpc) is 3.07. The number of carbonyl (C=O) groups is 1. The number of thiazole rings is 1. The maximum Gasteiger partial charge on any atom is 0.272 e. The summed E-state index contributed by atoms with van der Waals surface area (Å²) in [6.45, 7) is 1.05. The number of nitrogens with zero attached hydrogens (tertiary/aromatic N) is 3. The Morgan fingerprint density at radius 1 is 1.14 bits per heavy atom. The summed E-state index contributed by atoms with van der Waals surface area (Å²) in [4.78, 5) is 23.4. The van der Waals surface area contributed by atoms with Crippen molar-refractivity contribution >= 4 is 27.5 Å². The molecule has 0 spiro atoms. The number of aromatic hydroxyl groups is 1. The van der Waals surface area contributed by atoms with Gasteiger partial charge in [0, 0.05) is 23.9 Å². The molecule has 1 amide bonds. The number of rotatable bonds is 2. The quantitative estimate of drug-likeness (QED) is 0.545. The summed E-state index contributed by atoms with van der Waals surface area (Å²) in [7, 11) is 0. The minimum Gasteiger partial charge on any atom is -0.504 e. The first-order valence-electron chi connectivity index (χ1n) is 9.24. The van der Waals surface area contributed by atoms with Crippen molar-refractivity contribution in [2.24, 2.45) is 0 Å². The van der Waals surface area contributed by atoms with Gasteiger partial charge in [0.15, 0.2) is 11.5 Å². The zero-order valence-corrected chi connectivity index (χ0v) is 16.2. The standard InChI is InChI=1S/C22H17N3O3S/c26-18-12-14(21-24-16-5-1-2-7-19(16)29-21)11-15-13-25(9-10-28-20(15)18)22(27)17-6-3-4-8-23-17/h1-8,11-12,26H,9-10,13H2. The van der Waals surface area contributed by atoms with E-state index in [1.54, 1.807) is 46.7 Å². The number of hydrogen-bond donors (Lipinski definition) is 1. The molecule has 1 aliphatic rings. The van der Waals surface area contributed by atoms with Crippen LogP contribution in [0.15, 0.2) is 60.8 Å². The molecule has 144 valence electrons. The van der Waals surface area contributed by atoms with Gasteiger partial charge in [0.05, 0.1) is 16.8 Å². The molecule has 1 aliphatic heterocycles. The van der Waals surface area contributed by atoms with Crippen LogP contribution in [0.25, 0.3) is 20.8 Å². The summed E-state index contributed by atoms with van der Waals surface area (Å²) in [5.74, 6) is 0.321. The van der Waals surface area contributed by atoms with Crippen LogP contribution in [-0.4, -0.2) is 39.0 Å². The Hall–Kier alpha value is -3.45. The van der Waals surface area contributed by atoms with Crippen LogP contribution < -0.4 is 4.74 Å². The van der Waals surface area contributed by atoms with E-state index < -0.39 is 0 Å². The zero-order valence-electron chi connectivity index (χ0n) is 15.4. The van der Waals surface area contributed by atoms with E-state index in [1.165, 1.54) is 0 Å². The van der Waals surface area contributed by atoms with Crippen LogP contribution in [0, 0.1) is 0 Å². The van der Waals surface area contributed by atoms with Crippen molar-refractivity contribution in [2.45, 2.75) is 6.54 Å². The van der Waals surface area contributed by atoms with E-state index >= 15 is 0 Å². The zero-order chi connectivity index (χ0) is 19.8. The van der Waals surface area contributed by atoms with Gasteiger partial charge in [-0.1, -0.05) is 18.2 Å². The lowest BCUT2D eigenvalue weighted by atomic mass is 10.1. The van der Waals surface area contributed by atoms with Crippen molar-refractivity contribution in [3.05, 3.63) is 72.1 Å². The molecule has 0 aliphatic carbocycles. The Balaban J connectivity index is 1.52. The van der Waals surface area contributed by atoms with Crippen molar-refractivity contribution < 1.29 is 14.6 Å². The molecule has 0 fully saturated rings. The predicted octanol–water partition coefficient (Wildman–Crippen LogP) is 4.10. The van der Waals surface area contributed by atoms with Gasteiger partial charge in [-0.25, -0.2) is 4.98 Å². The Bertz CT molecular complexity index is 1170. The Morgan fingerprint density at radius 2 is 2.00 bits per heavy atom. The first-order valence-corrected chi connectivity index (χ1v) is 10.1. The maximum absolute atomic E-state index is 12.9. The second-order valence-corrected chi connectivity index (χ2v) is 7.79. The van der Waals surface area contributed by atoms with Crippen LogP contribution in [0.4, 0.5) is 0 Å². The number of para-hydroxylation sites is 1. The minimum atomic E-state index is -0.160. The fourth-order valence-electron chi connectivity index (χ4n) is 3.44. The molecule has 6 nitrogen and oxygen atoms in total. The number of hydrogen-bond acceptors (Lipinski definition) is 6. The molecule has 1 N–H and O–H groups in total. The van der Waals surface area contributed by atoms with E-state index in [-0.39, 0.29) is 11.7 Å². The molecule has 2 aromatic carbocycles. The van der Waals surface area contributed by atoms with E-state index in [0.29, 0.717) is 31.1 Å². The highest BCUT2D eigenvalue weighted by Gasteiger charge is 2.24. The fraction of sp³-hybridized carbons (Fsp3) is 0.136. The number of pyridine rings is 1. The molecule has 0 radical (unpaired) electrons. The summed E-state index contributed by atoms with van der Waals surface area (Å²) in [6, 6.07) is 16.8. The fourth-order valence-corrected chi connectivity index (χ4v) is 4.40. The number of ether oxygens (including phenoxy) is 1. The molecule has 0 unspecified atom stereocenters. The van der Waals surface area contributed by atoms with Gasteiger partial charge in [0.2, 0.25) is 0 Å². The number of benzene rings is 2. The molecule has 3 heterocycles. The average molecular weight is 403 g/mol. The molecule has 0 saturated carbocycles. The third-order valence-electron chi connectivity index (χ3n) is 4.83. The second-order valence-electron chi connectivity index (χ2n) is 6.76. The summed E-state index contributed by atoms with van der Waals surface area (Å²) in [6.07, 6.45) is 1.60. The second kappa shape index (κ2) is 7.18. The molecule has 0 atom stereocenters. The lowest BCUT2D eigenvalue weighted by molar-refractivity contribution is 0.0727. The van der Waals surface area contributed by atoms with Crippen molar-refractivity contribution in [2.75, 3.05) is 13.2 Å². The minimum absolute atomic E-state index is 0.0592. The van der Waals surface area contributed by atoms with Crippen molar-refractivity contribution in [3.8, 4) is 22.1 Å². The number of amides is 1. The van der Waals surface area contributed by atoms with E-state index in [2.05, 4.69) is 9.97 Å². The van der Waals surface area contributed by atoms with Gasteiger partial charge < -0.3 is 14.7 Å². The highest BCUT2D eigenvalue weighted by molar-refractivity contribution is 7.21. The lowest BCUT2D eigenvalue weighted by Gasteiger charge is -2.19. The highest BCUT2D eigenvalue weighted by atomic mass is 32.1. The van der Waals surface area contributed by atoms with E-state index in [4.69, 9.17) is 4.74 Å². The Morgan fingerprint density at radius 3 is 2.83 bits per heavy atom. The lowest BCUT2D eigenvalue weighted by Crippen LogP contribution is -2.32. The number of phenols is 1. The Kier molecular flexibility index (Phi) is 4.37. The first-order chi connectivity index (χ1) is 14.2. The van der Waals surface area contributed by atoms with E-state index in [9.17, 15) is 9.90 Å². The van der Waals surface area contributed by atoms with Gasteiger partial charge in [0.25, 0.3) is 5.91 Å². The van der Waals surface area contributed by atoms with Gasteiger partial charge in [0.1, 0.15) is 17.3 Å². The monoisotopic (exact) mass is 403 g/mol. The summed E-state index contributed by atoms with van der Waals surface area (Å²) < 4.78 is 6.85.